The highest BCUT2D eigenvalue weighted by atomic mass is 16.6. The maximum absolute atomic E-state index is 15.8. The van der Waals surface area contributed by atoms with Gasteiger partial charge in [-0.05, 0) is 199 Å². The average molecular weight is 1770 g/mol. The molecule has 8 N–H and O–H groups in total. The Morgan fingerprint density at radius 1 is 0.575 bits per heavy atom. The number of ether oxygens (including phenoxy) is 3. The van der Waals surface area contributed by atoms with Gasteiger partial charge >= 0.3 is 18.3 Å². The van der Waals surface area contributed by atoms with Crippen molar-refractivity contribution in [3.05, 3.63) is 95.3 Å². The lowest BCUT2D eigenvalue weighted by molar-refractivity contribution is -0.136. The third-order valence-electron chi connectivity index (χ3n) is 22.8. The lowest BCUT2D eigenvalue weighted by atomic mass is 9.75. The fraction of sp³-hybridized carbons (Fsp3) is 0.649. The topological polar surface area (TPSA) is 412 Å². The third-order valence-corrected chi connectivity index (χ3v) is 22.8. The quantitative estimate of drug-likeness (QED) is 0.0108. The van der Waals surface area contributed by atoms with Crippen molar-refractivity contribution >= 4 is 104 Å². The maximum Gasteiger partial charge on any atom is 0.419 e. The Bertz CT molecular complexity index is 4710. The molecule has 3 aromatic heterocycles. The lowest BCUT2D eigenvalue weighted by Gasteiger charge is -2.30. The summed E-state index contributed by atoms with van der Waals surface area (Å²) in [7, 11) is 1.48. The Morgan fingerprint density at radius 3 is 1.63 bits per heavy atom. The summed E-state index contributed by atoms with van der Waals surface area (Å²) in [5, 5.41) is 35.7. The number of para-hydroxylation sites is 2. The number of aryl methyl sites for hydroxylation is 2. The van der Waals surface area contributed by atoms with Crippen LogP contribution in [0.4, 0.5) is 14.4 Å². The normalized spacial score (nSPS) is 16.0. The van der Waals surface area contributed by atoms with Gasteiger partial charge in [0.25, 0.3) is 0 Å². The number of likely N-dealkylation sites (tertiary alicyclic amines) is 1. The Labute approximate surface area is 750 Å². The van der Waals surface area contributed by atoms with E-state index in [4.69, 9.17) is 24.9 Å². The number of ketones is 5. The largest absolute Gasteiger partial charge is 0.511 e. The van der Waals surface area contributed by atoms with Crippen molar-refractivity contribution in [3.63, 3.8) is 0 Å². The SMILES string of the molecule is CNC(=O)C(CCc1cn(C(=O)OC(C)(C)C)c2ccccc12)CC(=O)C(CC(C)C)NC(=O)C(CCCCn1cc(CC(N)C(=O)N2CCCCC2)nn1)CC(=O)C(NC(=O)C(CCCCNC(=O)OC(C)(C)C)CC(=O)C(Cc1cn(C(=O)OC(C)(C)C)c2ccccc12)NC(=O)C(CCCCN=C(CC(C)C)C1=C(O)CC(C)(C)CC1=O)CC(C)=O)C(C)C. The number of alkyl carbamates (subject to hydrolysis) is 1. The second-order valence-electron chi connectivity index (χ2n) is 39.9. The molecule has 0 spiro atoms. The van der Waals surface area contributed by atoms with Crippen LogP contribution in [0, 0.1) is 46.8 Å². The number of aliphatic hydroxyl groups is 1. The number of piperidine rings is 1. The molecule has 1 fully saturated rings. The predicted octanol–water partition coefficient (Wildman–Crippen LogP) is 14.5. The van der Waals surface area contributed by atoms with Crippen molar-refractivity contribution in [1.29, 1.82) is 0 Å². The van der Waals surface area contributed by atoms with Gasteiger partial charge in [0.05, 0.1) is 46.5 Å². The van der Waals surface area contributed by atoms with E-state index in [9.17, 15) is 43.5 Å². The zero-order valence-corrected chi connectivity index (χ0v) is 78.9. The Hall–Kier alpha value is -10.3. The van der Waals surface area contributed by atoms with Gasteiger partial charge in [0, 0.05) is 150 Å². The number of nitrogens with one attached hydrogen (secondary N) is 5. The number of nitrogens with zero attached hydrogens (tertiary/aromatic N) is 7. The number of carbonyl (C=O) groups excluding carboxylic acids is 13. The molecular weight excluding hydrogens is 1620 g/mol. The highest BCUT2D eigenvalue weighted by Crippen LogP contribution is 2.38. The van der Waals surface area contributed by atoms with E-state index >= 15 is 24.0 Å². The van der Waals surface area contributed by atoms with Crippen molar-refractivity contribution in [3.8, 4) is 0 Å². The van der Waals surface area contributed by atoms with Crippen LogP contribution in [0.25, 0.3) is 21.8 Å². The van der Waals surface area contributed by atoms with Crippen molar-refractivity contribution in [2.45, 2.75) is 326 Å². The van der Waals surface area contributed by atoms with Gasteiger partial charge in [-0.25, -0.2) is 14.4 Å². The minimum atomic E-state index is -1.40. The first-order valence-corrected chi connectivity index (χ1v) is 45.8. The number of hydrogen-bond donors (Lipinski definition) is 7. The number of carbonyl (C=O) groups is 13. The van der Waals surface area contributed by atoms with Crippen LogP contribution in [0.15, 0.2) is 83.4 Å². The molecule has 8 atom stereocenters. The van der Waals surface area contributed by atoms with E-state index in [1.165, 1.54) is 23.1 Å². The van der Waals surface area contributed by atoms with Crippen LogP contribution in [-0.2, 0) is 88.0 Å². The van der Waals surface area contributed by atoms with Gasteiger partial charge in [-0.15, -0.1) is 5.10 Å². The fourth-order valence-electron chi connectivity index (χ4n) is 16.6. The minimum absolute atomic E-state index is 0.0159. The Morgan fingerprint density at radius 2 is 1.09 bits per heavy atom. The molecule has 0 saturated carbocycles. The molecule has 0 bridgehead atoms. The second kappa shape index (κ2) is 47.7. The number of unbranched alkanes of at least 4 members (excludes halogenated alkanes) is 3. The van der Waals surface area contributed by atoms with Gasteiger partial charge in [-0.2, -0.15) is 0 Å². The average Bonchev–Trinajstić information content (AvgIpc) is 1.67. The van der Waals surface area contributed by atoms with Crippen molar-refractivity contribution in [2.24, 2.45) is 57.6 Å². The summed E-state index contributed by atoms with van der Waals surface area (Å²) in [5.41, 5.74) is 7.10. The number of allylic oxidation sites excluding steroid dienone is 2. The van der Waals surface area contributed by atoms with E-state index in [0.717, 1.165) is 30.2 Å². The standard InChI is InChI=1S/C97H145N13O17/c1-60(2)47-74(79(112)52-67(86(117)99-19)40-41-68-57-109(92(123)126-95(11,12)13)77-38-23-21-36-71(68)77)102-88(119)66(35-27-32-46-108-59-70(105-106-108)54-73(98)90(121)107-44-30-20-31-45-107)53-81(114)85(62(5)6)104-89(120)65(34-26-29-43-101-91(122)125-94(8,9)10)51-80(113)75(50-69-58-110(93(124)127-96(14,15)16)78-39-24-22-37-72(69)78)103-87(118)64(49-63(7)111)33-25-28-42-100-76(48-61(3)4)84-82(115)55-97(17,18)56-83(84)116/h21-24,36-39,57-62,64-67,73-75,85,115H,20,25-35,40-56,98H2,1-19H3,(H,99,117)(H,101,122)(H,102,119)(H,103,118)(H,104,120). The summed E-state index contributed by atoms with van der Waals surface area (Å²) < 4.78 is 21.5. The highest BCUT2D eigenvalue weighted by molar-refractivity contribution is 6.23. The third kappa shape index (κ3) is 33.4. The monoisotopic (exact) mass is 1760 g/mol. The second-order valence-corrected chi connectivity index (χ2v) is 39.9. The van der Waals surface area contributed by atoms with E-state index in [1.54, 1.807) is 135 Å². The molecule has 6 amide bonds. The maximum atomic E-state index is 15.8. The number of aliphatic imine (C=N–C) groups is 1. The first-order chi connectivity index (χ1) is 59.6. The fourth-order valence-corrected chi connectivity index (χ4v) is 16.6. The molecule has 1 aliphatic heterocycles. The number of amides is 6. The van der Waals surface area contributed by atoms with E-state index < -0.39 is 148 Å². The lowest BCUT2D eigenvalue weighted by Crippen LogP contribution is -2.50. The number of fused-ring (bicyclic) bond motifs is 2. The first kappa shape index (κ1) is 104. The van der Waals surface area contributed by atoms with Crippen molar-refractivity contribution in [1.82, 2.24) is 55.6 Å². The molecule has 127 heavy (non-hydrogen) atoms. The van der Waals surface area contributed by atoms with Crippen LogP contribution in [0.1, 0.15) is 276 Å². The predicted molar refractivity (Wildman–Crippen MR) is 489 cm³/mol. The molecule has 7 rings (SSSR count). The molecule has 8 unspecified atom stereocenters. The van der Waals surface area contributed by atoms with Gasteiger partial charge in [-0.3, -0.25) is 62.0 Å². The van der Waals surface area contributed by atoms with Crippen molar-refractivity contribution < 1.29 is 81.6 Å². The van der Waals surface area contributed by atoms with E-state index in [-0.39, 0.29) is 124 Å². The van der Waals surface area contributed by atoms with Crippen LogP contribution in [-0.4, -0.2) is 191 Å². The van der Waals surface area contributed by atoms with Crippen LogP contribution in [0.2, 0.25) is 0 Å². The van der Waals surface area contributed by atoms with Crippen molar-refractivity contribution in [2.75, 3.05) is 33.2 Å². The van der Waals surface area contributed by atoms with E-state index in [0.29, 0.717) is 104 Å². The highest BCUT2D eigenvalue weighted by Gasteiger charge is 2.40. The molecule has 2 aliphatic rings. The zero-order chi connectivity index (χ0) is 94.0. The summed E-state index contributed by atoms with van der Waals surface area (Å²) in [5.74, 6) is -9.27. The van der Waals surface area contributed by atoms with E-state index in [1.807, 2.05) is 59.7 Å². The van der Waals surface area contributed by atoms with Gasteiger partial charge in [-0.1, -0.05) is 116 Å². The van der Waals surface area contributed by atoms with Gasteiger partial charge in [0.2, 0.25) is 29.5 Å². The van der Waals surface area contributed by atoms with Crippen LogP contribution < -0.4 is 32.3 Å². The molecule has 0 radical (unpaired) electrons. The summed E-state index contributed by atoms with van der Waals surface area (Å²) in [6, 6.07) is 9.74. The molecule has 1 aliphatic carbocycles. The van der Waals surface area contributed by atoms with Crippen LogP contribution >= 0.6 is 0 Å². The summed E-state index contributed by atoms with van der Waals surface area (Å²) in [6.45, 7) is 34.2. The molecular formula is C97H145N13O17. The van der Waals surface area contributed by atoms with Gasteiger partial charge in [0.1, 0.15) is 28.3 Å². The molecule has 4 heterocycles. The molecule has 30 nitrogen and oxygen atoms in total. The van der Waals surface area contributed by atoms with Gasteiger partial charge in [0.15, 0.2) is 23.1 Å². The Balaban J connectivity index is 1.20. The molecule has 30 heteroatoms. The number of Topliss-reactive ketones (excluding diaryl/α,β-unsaturated/α-hetero) is 5. The number of aromatic nitrogens is 5. The minimum Gasteiger partial charge on any atom is -0.511 e. The molecule has 2 aromatic carbocycles. The number of rotatable bonds is 47. The van der Waals surface area contributed by atoms with Gasteiger partial charge < -0.3 is 61.3 Å². The molecule has 1 saturated heterocycles. The molecule has 700 valence electrons. The first-order valence-electron chi connectivity index (χ1n) is 45.8. The van der Waals surface area contributed by atoms with Crippen LogP contribution in [0.5, 0.6) is 0 Å². The van der Waals surface area contributed by atoms with Crippen LogP contribution in [0.3, 0.4) is 0 Å². The number of aliphatic hydroxyl groups excluding tert-OH is 1. The smallest absolute Gasteiger partial charge is 0.419 e. The Kier molecular flexibility index (Phi) is 39.0. The summed E-state index contributed by atoms with van der Waals surface area (Å²) >= 11 is 0. The number of benzene rings is 2. The summed E-state index contributed by atoms with van der Waals surface area (Å²) in [6.07, 6.45) is 8.66. The molecule has 5 aromatic rings. The summed E-state index contributed by atoms with van der Waals surface area (Å²) in [4.78, 5) is 193. The zero-order valence-electron chi connectivity index (χ0n) is 78.9. The van der Waals surface area contributed by atoms with E-state index in [2.05, 4.69) is 36.9 Å². The number of nitrogens with two attached hydrogens (primary N) is 1. The number of hydrogen-bond acceptors (Lipinski definition) is 21.